The Morgan fingerprint density at radius 2 is 1.86 bits per heavy atom. The summed E-state index contributed by atoms with van der Waals surface area (Å²) in [5.74, 6) is -0.443. The molecular formula is C16H15BrN2O3. The zero-order chi connectivity index (χ0) is 16.1. The molecule has 2 aromatic rings. The van der Waals surface area contributed by atoms with Gasteiger partial charge >= 0.3 is 0 Å². The van der Waals surface area contributed by atoms with Gasteiger partial charge in [-0.3, -0.25) is 14.9 Å². The van der Waals surface area contributed by atoms with Crippen LogP contribution in [-0.4, -0.2) is 10.8 Å². The second-order valence-electron chi connectivity index (χ2n) is 4.76. The average Bonchev–Trinajstić information content (AvgIpc) is 2.53. The maximum atomic E-state index is 12.4. The first-order chi connectivity index (χ1) is 10.5. The lowest BCUT2D eigenvalue weighted by Gasteiger charge is -2.17. The maximum absolute atomic E-state index is 12.4. The summed E-state index contributed by atoms with van der Waals surface area (Å²) < 4.78 is 0.955. The molecule has 0 saturated heterocycles. The molecular weight excluding hydrogens is 348 g/mol. The van der Waals surface area contributed by atoms with Gasteiger partial charge in [0.2, 0.25) is 0 Å². The molecule has 6 heteroatoms. The Labute approximate surface area is 136 Å². The van der Waals surface area contributed by atoms with Crippen LogP contribution in [0.4, 0.5) is 5.69 Å². The van der Waals surface area contributed by atoms with Gasteiger partial charge in [0.05, 0.1) is 11.0 Å². The van der Waals surface area contributed by atoms with Crippen molar-refractivity contribution < 1.29 is 9.72 Å². The van der Waals surface area contributed by atoms with Gasteiger partial charge in [0.15, 0.2) is 0 Å². The number of halogens is 1. The summed E-state index contributed by atoms with van der Waals surface area (Å²) in [6, 6.07) is 13.4. The van der Waals surface area contributed by atoms with Crippen molar-refractivity contribution in [1.82, 2.24) is 5.32 Å². The van der Waals surface area contributed by atoms with Crippen molar-refractivity contribution in [3.05, 3.63) is 74.2 Å². The van der Waals surface area contributed by atoms with E-state index in [1.54, 1.807) is 12.1 Å². The van der Waals surface area contributed by atoms with Gasteiger partial charge < -0.3 is 5.32 Å². The summed E-state index contributed by atoms with van der Waals surface area (Å²) in [6.07, 6.45) is 0.688. The molecule has 0 saturated carbocycles. The average molecular weight is 363 g/mol. The molecule has 0 radical (unpaired) electrons. The van der Waals surface area contributed by atoms with Gasteiger partial charge in [-0.15, -0.1) is 0 Å². The lowest BCUT2D eigenvalue weighted by Crippen LogP contribution is -2.28. The highest BCUT2D eigenvalue weighted by atomic mass is 79.9. The van der Waals surface area contributed by atoms with Crippen LogP contribution in [0.5, 0.6) is 0 Å². The second-order valence-corrected chi connectivity index (χ2v) is 5.68. The van der Waals surface area contributed by atoms with Crippen LogP contribution >= 0.6 is 15.9 Å². The summed E-state index contributed by atoms with van der Waals surface area (Å²) in [5, 5.41) is 13.9. The molecule has 0 aliphatic carbocycles. The summed E-state index contributed by atoms with van der Waals surface area (Å²) >= 11 is 3.37. The lowest BCUT2D eigenvalue weighted by molar-refractivity contribution is -0.385. The van der Waals surface area contributed by atoms with Crippen molar-refractivity contribution in [3.63, 3.8) is 0 Å². The zero-order valence-electron chi connectivity index (χ0n) is 12.0. The van der Waals surface area contributed by atoms with E-state index in [2.05, 4.69) is 21.2 Å². The third kappa shape index (κ3) is 3.71. The van der Waals surface area contributed by atoms with Gasteiger partial charge in [0.1, 0.15) is 5.56 Å². The van der Waals surface area contributed by atoms with E-state index < -0.39 is 10.8 Å². The molecule has 0 aliphatic heterocycles. The second kappa shape index (κ2) is 7.17. The first-order valence-corrected chi connectivity index (χ1v) is 7.62. The van der Waals surface area contributed by atoms with Gasteiger partial charge in [-0.05, 0) is 30.2 Å². The van der Waals surface area contributed by atoms with Gasteiger partial charge in [-0.25, -0.2) is 0 Å². The van der Waals surface area contributed by atoms with Crippen LogP contribution in [0.3, 0.4) is 0 Å². The number of hydrogen-bond acceptors (Lipinski definition) is 3. The van der Waals surface area contributed by atoms with E-state index in [1.807, 2.05) is 31.2 Å². The molecule has 5 nitrogen and oxygen atoms in total. The molecule has 0 spiro atoms. The zero-order valence-corrected chi connectivity index (χ0v) is 13.5. The number of nitrogens with one attached hydrogen (secondary N) is 1. The summed E-state index contributed by atoms with van der Waals surface area (Å²) in [4.78, 5) is 22.8. The molecule has 0 aliphatic rings. The molecule has 1 N–H and O–H groups in total. The highest BCUT2D eigenvalue weighted by molar-refractivity contribution is 9.10. The van der Waals surface area contributed by atoms with Crippen molar-refractivity contribution in [2.24, 2.45) is 0 Å². The minimum Gasteiger partial charge on any atom is -0.345 e. The Bertz CT molecular complexity index is 686. The number of benzene rings is 2. The molecule has 1 amide bonds. The number of nitro groups is 1. The van der Waals surface area contributed by atoms with Gasteiger partial charge in [0, 0.05) is 10.5 Å². The smallest absolute Gasteiger partial charge is 0.282 e. The molecule has 0 fully saturated rings. The van der Waals surface area contributed by atoms with Crippen LogP contribution in [0, 0.1) is 10.1 Å². The standard InChI is InChI=1S/C16H15BrN2O3/c1-2-14(11-7-9-12(17)10-8-11)18-16(20)13-5-3-4-6-15(13)19(21)22/h3-10,14H,2H2,1H3,(H,18,20). The van der Waals surface area contributed by atoms with Crippen molar-refractivity contribution in [2.45, 2.75) is 19.4 Å². The minimum absolute atomic E-state index is 0.0723. The number of carbonyl (C=O) groups is 1. The Morgan fingerprint density at radius 1 is 1.23 bits per heavy atom. The number of nitrogens with zero attached hydrogens (tertiary/aromatic N) is 1. The molecule has 2 rings (SSSR count). The summed E-state index contributed by atoms with van der Waals surface area (Å²) in [5.41, 5.74) is 0.839. The predicted molar refractivity (Wildman–Crippen MR) is 87.7 cm³/mol. The van der Waals surface area contributed by atoms with Crippen LogP contribution in [0.1, 0.15) is 35.3 Å². The normalized spacial score (nSPS) is 11.7. The molecule has 22 heavy (non-hydrogen) atoms. The lowest BCUT2D eigenvalue weighted by atomic mass is 10.0. The highest BCUT2D eigenvalue weighted by Gasteiger charge is 2.21. The number of para-hydroxylation sites is 1. The molecule has 1 atom stereocenters. The largest absolute Gasteiger partial charge is 0.345 e. The molecule has 2 aromatic carbocycles. The maximum Gasteiger partial charge on any atom is 0.282 e. The predicted octanol–water partition coefficient (Wildman–Crippen LogP) is 4.24. The SMILES string of the molecule is CCC(NC(=O)c1ccccc1[N+](=O)[O-])c1ccc(Br)cc1. The van der Waals surface area contributed by atoms with Crippen LogP contribution in [0.15, 0.2) is 53.0 Å². The van der Waals surface area contributed by atoms with Crippen LogP contribution in [0.2, 0.25) is 0 Å². The number of hydrogen-bond donors (Lipinski definition) is 1. The molecule has 0 heterocycles. The quantitative estimate of drug-likeness (QED) is 0.638. The fraction of sp³-hybridized carbons (Fsp3) is 0.188. The molecule has 1 unspecified atom stereocenters. The number of nitro benzene ring substituents is 1. The Hall–Kier alpha value is -2.21. The van der Waals surface area contributed by atoms with Crippen molar-refractivity contribution in [2.75, 3.05) is 0 Å². The molecule has 0 bridgehead atoms. The summed E-state index contributed by atoms with van der Waals surface area (Å²) in [7, 11) is 0. The van der Waals surface area contributed by atoms with Crippen LogP contribution < -0.4 is 5.32 Å². The van der Waals surface area contributed by atoms with Crippen molar-refractivity contribution in [1.29, 1.82) is 0 Å². The van der Waals surface area contributed by atoms with Crippen molar-refractivity contribution >= 4 is 27.5 Å². The van der Waals surface area contributed by atoms with E-state index in [0.717, 1.165) is 10.0 Å². The first kappa shape index (κ1) is 16.2. The number of amides is 1. The Kier molecular flexibility index (Phi) is 5.27. The third-order valence-electron chi connectivity index (χ3n) is 3.33. The highest BCUT2D eigenvalue weighted by Crippen LogP contribution is 2.22. The molecule has 114 valence electrons. The minimum atomic E-state index is -0.546. The monoisotopic (exact) mass is 362 g/mol. The van der Waals surface area contributed by atoms with E-state index >= 15 is 0 Å². The topological polar surface area (TPSA) is 72.2 Å². The number of carbonyl (C=O) groups excluding carboxylic acids is 1. The summed E-state index contributed by atoms with van der Waals surface area (Å²) in [6.45, 7) is 1.95. The van der Waals surface area contributed by atoms with Gasteiger partial charge in [0.25, 0.3) is 11.6 Å². The van der Waals surface area contributed by atoms with E-state index in [9.17, 15) is 14.9 Å². The van der Waals surface area contributed by atoms with E-state index in [1.165, 1.54) is 12.1 Å². The van der Waals surface area contributed by atoms with Crippen molar-refractivity contribution in [3.8, 4) is 0 Å². The molecule has 0 aromatic heterocycles. The fourth-order valence-corrected chi connectivity index (χ4v) is 2.44. The van der Waals surface area contributed by atoms with E-state index in [0.29, 0.717) is 6.42 Å². The van der Waals surface area contributed by atoms with E-state index in [-0.39, 0.29) is 17.3 Å². The third-order valence-corrected chi connectivity index (χ3v) is 3.86. The van der Waals surface area contributed by atoms with Crippen LogP contribution in [0.25, 0.3) is 0 Å². The fourth-order valence-electron chi connectivity index (χ4n) is 2.18. The number of rotatable bonds is 5. The Balaban J connectivity index is 2.23. The first-order valence-electron chi connectivity index (χ1n) is 6.82. The van der Waals surface area contributed by atoms with Gasteiger partial charge in [-0.1, -0.05) is 47.1 Å². The Morgan fingerprint density at radius 3 is 2.45 bits per heavy atom. The van der Waals surface area contributed by atoms with E-state index in [4.69, 9.17) is 0 Å². The van der Waals surface area contributed by atoms with Crippen LogP contribution in [-0.2, 0) is 0 Å². The van der Waals surface area contributed by atoms with Gasteiger partial charge in [-0.2, -0.15) is 0 Å².